The van der Waals surface area contributed by atoms with Crippen LogP contribution in [0.1, 0.15) is 24.8 Å². The quantitative estimate of drug-likeness (QED) is 0.898. The maximum Gasteiger partial charge on any atom is 0.306 e. The smallest absolute Gasteiger partial charge is 0.306 e. The second-order valence-corrected chi connectivity index (χ2v) is 5.37. The minimum Gasteiger partial charge on any atom is -0.481 e. The second-order valence-electron chi connectivity index (χ2n) is 4.96. The Bertz CT molecular complexity index is 515. The number of rotatable bonds is 4. The van der Waals surface area contributed by atoms with Crippen molar-refractivity contribution in [1.82, 2.24) is 5.32 Å². The van der Waals surface area contributed by atoms with Crippen LogP contribution in [-0.2, 0) is 16.1 Å². The fourth-order valence-corrected chi connectivity index (χ4v) is 2.69. The van der Waals surface area contributed by atoms with Crippen molar-refractivity contribution >= 4 is 23.5 Å². The van der Waals surface area contributed by atoms with Gasteiger partial charge in [0.1, 0.15) is 5.82 Å². The highest BCUT2D eigenvalue weighted by Gasteiger charge is 2.33. The summed E-state index contributed by atoms with van der Waals surface area (Å²) in [5.41, 5.74) is 0.246. The van der Waals surface area contributed by atoms with Crippen LogP contribution < -0.4 is 5.32 Å². The highest BCUT2D eigenvalue weighted by Crippen LogP contribution is 2.31. The van der Waals surface area contributed by atoms with Crippen LogP contribution in [0.15, 0.2) is 18.2 Å². The standard InChI is InChI=1S/C14H15ClFNO3/c15-11-2-1-3-12(16)10(11)7-17-13(18)8-4-5-9(6-8)14(19)20/h1-3,8-9H,4-7H2,(H,17,18)(H,19,20)/t8-,9+/m0/s1. The van der Waals surface area contributed by atoms with Crippen molar-refractivity contribution < 1.29 is 19.1 Å². The van der Waals surface area contributed by atoms with E-state index < -0.39 is 17.7 Å². The third kappa shape index (κ3) is 3.28. The minimum absolute atomic E-state index is 0.0125. The number of amides is 1. The zero-order valence-electron chi connectivity index (χ0n) is 10.7. The van der Waals surface area contributed by atoms with Gasteiger partial charge in [-0.25, -0.2) is 4.39 Å². The van der Waals surface area contributed by atoms with Crippen molar-refractivity contribution in [2.24, 2.45) is 11.8 Å². The van der Waals surface area contributed by atoms with Crippen LogP contribution in [0.2, 0.25) is 5.02 Å². The number of halogens is 2. The minimum atomic E-state index is -0.863. The van der Waals surface area contributed by atoms with Crippen LogP contribution in [0.5, 0.6) is 0 Å². The van der Waals surface area contributed by atoms with Crippen LogP contribution >= 0.6 is 11.6 Å². The number of aliphatic carboxylic acids is 1. The molecule has 20 heavy (non-hydrogen) atoms. The molecule has 4 nitrogen and oxygen atoms in total. The lowest BCUT2D eigenvalue weighted by atomic mass is 10.0. The average molecular weight is 300 g/mol. The lowest BCUT2D eigenvalue weighted by Gasteiger charge is -2.12. The van der Waals surface area contributed by atoms with Crippen LogP contribution in [0.25, 0.3) is 0 Å². The molecule has 2 N–H and O–H groups in total. The highest BCUT2D eigenvalue weighted by molar-refractivity contribution is 6.31. The molecule has 1 saturated carbocycles. The Morgan fingerprint density at radius 2 is 2.05 bits per heavy atom. The van der Waals surface area contributed by atoms with Crippen LogP contribution in [0, 0.1) is 17.7 Å². The van der Waals surface area contributed by atoms with Gasteiger partial charge in [0.25, 0.3) is 0 Å². The van der Waals surface area contributed by atoms with Gasteiger partial charge in [0.15, 0.2) is 0 Å². The summed E-state index contributed by atoms with van der Waals surface area (Å²) in [5.74, 6) is -2.34. The van der Waals surface area contributed by atoms with Crippen molar-refractivity contribution in [3.63, 3.8) is 0 Å². The number of carbonyl (C=O) groups is 2. The SMILES string of the molecule is O=C(O)[C@@H]1CC[C@H](C(=O)NCc2c(F)cccc2Cl)C1. The summed E-state index contributed by atoms with van der Waals surface area (Å²) in [4.78, 5) is 22.8. The Morgan fingerprint density at radius 3 is 2.65 bits per heavy atom. The van der Waals surface area contributed by atoms with Gasteiger partial charge >= 0.3 is 5.97 Å². The third-order valence-corrected chi connectivity index (χ3v) is 4.01. The number of carboxylic acid groups (broad SMARTS) is 1. The molecule has 0 saturated heterocycles. The molecular weight excluding hydrogens is 285 g/mol. The van der Waals surface area contributed by atoms with Gasteiger partial charge in [-0.15, -0.1) is 0 Å². The number of carbonyl (C=O) groups excluding carboxylic acids is 1. The molecule has 1 aliphatic rings. The van der Waals surface area contributed by atoms with E-state index in [4.69, 9.17) is 16.7 Å². The maximum absolute atomic E-state index is 13.5. The number of carboxylic acids is 1. The zero-order valence-corrected chi connectivity index (χ0v) is 11.5. The molecular formula is C14H15ClFNO3. The molecule has 1 aromatic carbocycles. The molecule has 0 aromatic heterocycles. The fourth-order valence-electron chi connectivity index (χ4n) is 2.46. The molecule has 1 aromatic rings. The summed E-state index contributed by atoms with van der Waals surface area (Å²) >= 11 is 5.87. The lowest BCUT2D eigenvalue weighted by molar-refractivity contribution is -0.141. The monoisotopic (exact) mass is 299 g/mol. The number of hydrogen-bond acceptors (Lipinski definition) is 2. The van der Waals surface area contributed by atoms with Gasteiger partial charge in [0, 0.05) is 23.0 Å². The summed E-state index contributed by atoms with van der Waals surface area (Å²) in [5, 5.41) is 11.8. The summed E-state index contributed by atoms with van der Waals surface area (Å²) in [7, 11) is 0. The van der Waals surface area contributed by atoms with Crippen LogP contribution in [-0.4, -0.2) is 17.0 Å². The first-order valence-electron chi connectivity index (χ1n) is 6.42. The maximum atomic E-state index is 13.5. The molecule has 6 heteroatoms. The van der Waals surface area contributed by atoms with E-state index >= 15 is 0 Å². The Hall–Kier alpha value is -1.62. The molecule has 0 spiro atoms. The van der Waals surface area contributed by atoms with Crippen molar-refractivity contribution in [1.29, 1.82) is 0 Å². The largest absolute Gasteiger partial charge is 0.481 e. The molecule has 0 radical (unpaired) electrons. The molecule has 0 unspecified atom stereocenters. The predicted octanol–water partition coefficient (Wildman–Crippen LogP) is 2.60. The second kappa shape index (κ2) is 6.22. The Labute approximate surface area is 120 Å². The Kier molecular flexibility index (Phi) is 4.60. The Balaban J connectivity index is 1.92. The lowest BCUT2D eigenvalue weighted by Crippen LogP contribution is -2.29. The summed E-state index contributed by atoms with van der Waals surface area (Å²) < 4.78 is 13.5. The molecule has 0 aliphatic heterocycles. The first kappa shape index (κ1) is 14.8. The first-order chi connectivity index (χ1) is 9.49. The fraction of sp³-hybridized carbons (Fsp3) is 0.429. The van der Waals surface area contributed by atoms with Gasteiger partial charge in [-0.1, -0.05) is 17.7 Å². The number of benzene rings is 1. The van der Waals surface area contributed by atoms with Crippen molar-refractivity contribution in [3.05, 3.63) is 34.6 Å². The predicted molar refractivity (Wildman–Crippen MR) is 71.7 cm³/mol. The van der Waals surface area contributed by atoms with E-state index in [9.17, 15) is 14.0 Å². The van der Waals surface area contributed by atoms with Crippen molar-refractivity contribution in [2.45, 2.75) is 25.8 Å². The Morgan fingerprint density at radius 1 is 1.35 bits per heavy atom. The normalized spacial score (nSPS) is 21.7. The molecule has 1 aliphatic carbocycles. The van der Waals surface area contributed by atoms with Gasteiger partial charge in [0.05, 0.1) is 5.92 Å². The van der Waals surface area contributed by atoms with Crippen molar-refractivity contribution in [2.75, 3.05) is 0 Å². The third-order valence-electron chi connectivity index (χ3n) is 3.65. The molecule has 2 rings (SSSR count). The van der Waals surface area contributed by atoms with Crippen LogP contribution in [0.3, 0.4) is 0 Å². The molecule has 2 atom stereocenters. The zero-order chi connectivity index (χ0) is 14.7. The van der Waals surface area contributed by atoms with Gasteiger partial charge in [-0.2, -0.15) is 0 Å². The van der Waals surface area contributed by atoms with E-state index in [1.807, 2.05) is 0 Å². The van der Waals surface area contributed by atoms with E-state index in [1.54, 1.807) is 6.07 Å². The average Bonchev–Trinajstić information content (AvgIpc) is 2.87. The summed E-state index contributed by atoms with van der Waals surface area (Å²) in [6.45, 7) is 0.0125. The first-order valence-corrected chi connectivity index (χ1v) is 6.80. The topological polar surface area (TPSA) is 66.4 Å². The molecule has 1 amide bonds. The van der Waals surface area contributed by atoms with Gasteiger partial charge in [-0.05, 0) is 31.4 Å². The van der Waals surface area contributed by atoms with Crippen molar-refractivity contribution in [3.8, 4) is 0 Å². The van der Waals surface area contributed by atoms with E-state index in [2.05, 4.69) is 5.32 Å². The van der Waals surface area contributed by atoms with E-state index in [0.717, 1.165) is 0 Å². The van der Waals surface area contributed by atoms with E-state index in [1.165, 1.54) is 12.1 Å². The summed E-state index contributed by atoms with van der Waals surface area (Å²) in [6, 6.07) is 4.34. The molecule has 108 valence electrons. The van der Waals surface area contributed by atoms with Crippen LogP contribution in [0.4, 0.5) is 4.39 Å². The van der Waals surface area contributed by atoms with E-state index in [-0.39, 0.29) is 29.0 Å². The highest BCUT2D eigenvalue weighted by atomic mass is 35.5. The van der Waals surface area contributed by atoms with Gasteiger partial charge < -0.3 is 10.4 Å². The van der Waals surface area contributed by atoms with E-state index in [0.29, 0.717) is 19.3 Å². The molecule has 0 heterocycles. The van der Waals surface area contributed by atoms with Gasteiger partial charge in [-0.3, -0.25) is 9.59 Å². The molecule has 1 fully saturated rings. The molecule has 0 bridgehead atoms. The van der Waals surface area contributed by atoms with Gasteiger partial charge in [0.2, 0.25) is 5.91 Å². The number of nitrogens with one attached hydrogen (secondary N) is 1. The summed E-state index contributed by atoms with van der Waals surface area (Å²) in [6.07, 6.45) is 1.40. The number of hydrogen-bond donors (Lipinski definition) is 2.